The Kier molecular flexibility index (Phi) is 12.2. The molecule has 0 amide bonds. The molecule has 0 radical (unpaired) electrons. The van der Waals surface area contributed by atoms with E-state index in [0.717, 1.165) is 25.7 Å². The maximum Gasteiger partial charge on any atom is 0.343 e. The number of rotatable bonds is 16. The molecule has 0 bridgehead atoms. The summed E-state index contributed by atoms with van der Waals surface area (Å²) in [5, 5.41) is 46.7. The molecule has 0 saturated heterocycles. The lowest BCUT2D eigenvalue weighted by Crippen LogP contribution is -2.13. The van der Waals surface area contributed by atoms with Crippen LogP contribution in [0.2, 0.25) is 0 Å². The van der Waals surface area contributed by atoms with Crippen molar-refractivity contribution in [2.24, 2.45) is 20.5 Å². The molecule has 5 aromatic heterocycles. The molecule has 0 aliphatic heterocycles. The first-order valence-corrected chi connectivity index (χ1v) is 19.1. The van der Waals surface area contributed by atoms with Gasteiger partial charge in [0, 0.05) is 0 Å². The van der Waals surface area contributed by atoms with Crippen molar-refractivity contribution in [1.82, 2.24) is 54.1 Å². The number of anilines is 2. The fraction of sp³-hybridized carbons (Fsp3) is 0.256. The standard InChI is InChI=1S/C39H41N17O5/c1-5-7-19-27-29(47-49-33-25(35(57)60-3)21-42-53(33)23-15-11-9-12-16-23)31(40)55(51-27)37-44-38(46-39(59)45-37)56-32(41)30(28(52-56)20-8-6-2)48-50-34-26(36(58)61-4)22-43-54(34)24-17-13-10-14-18-24/h9-18,21-22H,5-8,19-20,40-41H2,1-4H3,(H,44,45,46,59). The van der Waals surface area contributed by atoms with Crippen LogP contribution in [0.1, 0.15) is 71.6 Å². The molecule has 0 unspecified atom stereocenters. The Hall–Kier alpha value is -8.17. The number of ether oxygens (including phenoxy) is 2. The predicted octanol–water partition coefficient (Wildman–Crippen LogP) is 6.57. The molecular weight excluding hydrogens is 787 g/mol. The number of carbonyl (C=O) groups excluding carboxylic acids is 2. The molecule has 22 nitrogen and oxygen atoms in total. The highest BCUT2D eigenvalue weighted by molar-refractivity contribution is 5.94. The van der Waals surface area contributed by atoms with Crippen molar-refractivity contribution >= 4 is 46.6 Å². The zero-order valence-corrected chi connectivity index (χ0v) is 33.6. The Morgan fingerprint density at radius 2 is 1.03 bits per heavy atom. The zero-order chi connectivity index (χ0) is 43.0. The minimum Gasteiger partial charge on any atom is -0.479 e. The molecule has 0 fully saturated rings. The highest BCUT2D eigenvalue weighted by Gasteiger charge is 2.26. The van der Waals surface area contributed by atoms with Gasteiger partial charge in [-0.1, -0.05) is 63.1 Å². The summed E-state index contributed by atoms with van der Waals surface area (Å²) in [5.41, 5.74) is 16.0. The summed E-state index contributed by atoms with van der Waals surface area (Å²) in [4.78, 5) is 38.2. The maximum absolute atomic E-state index is 12.7. The van der Waals surface area contributed by atoms with E-state index in [9.17, 15) is 14.7 Å². The van der Waals surface area contributed by atoms with E-state index < -0.39 is 17.9 Å². The number of nitrogen functional groups attached to an aromatic ring is 2. The van der Waals surface area contributed by atoms with Crippen LogP contribution in [0.25, 0.3) is 23.3 Å². The number of unbranched alkanes of at least 4 members (excludes halogenated alkanes) is 2. The van der Waals surface area contributed by atoms with Gasteiger partial charge in [0.1, 0.15) is 11.1 Å². The number of carbonyl (C=O) groups is 2. The number of nitrogens with two attached hydrogens (primary N) is 2. The van der Waals surface area contributed by atoms with Crippen molar-refractivity contribution < 1.29 is 24.2 Å². The number of hydrogen-bond acceptors (Lipinski definition) is 18. The number of aryl methyl sites for hydroxylation is 2. The molecule has 2 aromatic carbocycles. The number of benzene rings is 2. The molecule has 0 saturated carbocycles. The summed E-state index contributed by atoms with van der Waals surface area (Å²) >= 11 is 0. The molecule has 0 atom stereocenters. The smallest absolute Gasteiger partial charge is 0.343 e. The van der Waals surface area contributed by atoms with E-state index in [-0.39, 0.29) is 57.7 Å². The predicted molar refractivity (Wildman–Crippen MR) is 220 cm³/mol. The van der Waals surface area contributed by atoms with Crippen LogP contribution in [-0.2, 0) is 22.3 Å². The highest BCUT2D eigenvalue weighted by atomic mass is 16.5. The van der Waals surface area contributed by atoms with Gasteiger partial charge < -0.3 is 26.0 Å². The lowest BCUT2D eigenvalue weighted by molar-refractivity contribution is 0.0592. The van der Waals surface area contributed by atoms with Crippen LogP contribution in [0.5, 0.6) is 6.01 Å². The van der Waals surface area contributed by atoms with E-state index in [4.69, 9.17) is 20.9 Å². The van der Waals surface area contributed by atoms with Crippen molar-refractivity contribution in [1.29, 1.82) is 0 Å². The number of esters is 2. The summed E-state index contributed by atoms with van der Waals surface area (Å²) in [6.07, 6.45) is 6.65. The van der Waals surface area contributed by atoms with Gasteiger partial charge in [0.15, 0.2) is 34.6 Å². The molecule has 0 aliphatic carbocycles. The molecule has 61 heavy (non-hydrogen) atoms. The lowest BCUT2D eigenvalue weighted by atomic mass is 10.2. The fourth-order valence-corrected chi connectivity index (χ4v) is 6.12. The topological polar surface area (TPSA) is 284 Å². The van der Waals surface area contributed by atoms with Crippen LogP contribution in [0, 0.1) is 0 Å². The first kappa shape index (κ1) is 41.0. The van der Waals surface area contributed by atoms with E-state index in [0.29, 0.717) is 35.6 Å². The Labute approximate surface area is 347 Å². The van der Waals surface area contributed by atoms with Gasteiger partial charge in [0.2, 0.25) is 0 Å². The number of nitrogens with zero attached hydrogens (tertiary/aromatic N) is 15. The highest BCUT2D eigenvalue weighted by Crippen LogP contribution is 2.36. The van der Waals surface area contributed by atoms with Crippen molar-refractivity contribution in [2.45, 2.75) is 52.4 Å². The van der Waals surface area contributed by atoms with Crippen LogP contribution < -0.4 is 11.5 Å². The number of hydrogen-bond donors (Lipinski definition) is 3. The summed E-state index contributed by atoms with van der Waals surface area (Å²) < 4.78 is 15.2. The third-order valence-corrected chi connectivity index (χ3v) is 9.23. The molecule has 5 heterocycles. The van der Waals surface area contributed by atoms with Gasteiger partial charge in [-0.15, -0.1) is 20.5 Å². The summed E-state index contributed by atoms with van der Waals surface area (Å²) in [6, 6.07) is 17.5. The van der Waals surface area contributed by atoms with Gasteiger partial charge in [-0.3, -0.25) is 0 Å². The summed E-state index contributed by atoms with van der Waals surface area (Å²) in [5.74, 6) is -1.57. The van der Waals surface area contributed by atoms with Gasteiger partial charge in [-0.25, -0.2) is 19.0 Å². The third-order valence-electron chi connectivity index (χ3n) is 9.23. The Morgan fingerprint density at radius 3 is 1.41 bits per heavy atom. The number of methoxy groups -OCH3 is 2. The van der Waals surface area contributed by atoms with Crippen molar-refractivity contribution in [3.63, 3.8) is 0 Å². The molecule has 0 aliphatic rings. The molecular formula is C39H41N17O5. The van der Waals surface area contributed by atoms with Gasteiger partial charge in [-0.2, -0.15) is 44.7 Å². The second-order valence-corrected chi connectivity index (χ2v) is 13.3. The zero-order valence-electron chi connectivity index (χ0n) is 33.6. The number of aromatic hydroxyl groups is 1. The molecule has 0 spiro atoms. The van der Waals surface area contributed by atoms with Crippen LogP contribution in [-0.4, -0.2) is 85.3 Å². The largest absolute Gasteiger partial charge is 0.479 e. The van der Waals surface area contributed by atoms with Gasteiger partial charge >= 0.3 is 17.9 Å². The minimum absolute atomic E-state index is 0.0280. The second-order valence-electron chi connectivity index (χ2n) is 13.3. The van der Waals surface area contributed by atoms with E-state index in [1.165, 1.54) is 45.3 Å². The second kappa shape index (κ2) is 18.2. The van der Waals surface area contributed by atoms with Crippen molar-refractivity contribution in [2.75, 3.05) is 25.7 Å². The average Bonchev–Trinajstić information content (AvgIpc) is 4.06. The Balaban J connectivity index is 1.30. The molecule has 22 heteroatoms. The van der Waals surface area contributed by atoms with Gasteiger partial charge in [-0.05, 0) is 49.9 Å². The van der Waals surface area contributed by atoms with Crippen LogP contribution in [0.4, 0.5) is 34.6 Å². The monoisotopic (exact) mass is 827 g/mol. The maximum atomic E-state index is 12.7. The molecule has 7 aromatic rings. The van der Waals surface area contributed by atoms with Crippen LogP contribution >= 0.6 is 0 Å². The van der Waals surface area contributed by atoms with Crippen molar-refractivity contribution in [3.8, 4) is 29.3 Å². The van der Waals surface area contributed by atoms with E-state index in [1.807, 2.05) is 50.2 Å². The quantitative estimate of drug-likeness (QED) is 0.0686. The van der Waals surface area contributed by atoms with Gasteiger partial charge in [0.25, 0.3) is 11.9 Å². The average molecular weight is 828 g/mol. The molecule has 7 rings (SSSR count). The molecule has 312 valence electrons. The number of aromatic nitrogens is 11. The van der Waals surface area contributed by atoms with Gasteiger partial charge in [0.05, 0.1) is 49.4 Å². The van der Waals surface area contributed by atoms with E-state index in [2.05, 4.69) is 55.8 Å². The van der Waals surface area contributed by atoms with Crippen molar-refractivity contribution in [3.05, 3.63) is 95.6 Å². The summed E-state index contributed by atoms with van der Waals surface area (Å²) in [7, 11) is 2.51. The van der Waals surface area contributed by atoms with E-state index >= 15 is 0 Å². The third kappa shape index (κ3) is 8.39. The first-order valence-electron chi connectivity index (χ1n) is 19.1. The SMILES string of the molecule is CCCCc1nn(-c2nc(O)nc(-n3nc(CCCC)c(N=Nc4c(C(=O)OC)cnn4-c4ccccc4)c3N)n2)c(N)c1N=Nc1c(C(=O)OC)cnn1-c1ccccc1. The lowest BCUT2D eigenvalue weighted by Gasteiger charge is -2.06. The molecule has 5 N–H and O–H groups in total. The minimum atomic E-state index is -0.690. The van der Waals surface area contributed by atoms with Crippen LogP contribution in [0.15, 0.2) is 93.5 Å². The van der Waals surface area contributed by atoms with Crippen LogP contribution in [0.3, 0.4) is 0 Å². The Bertz CT molecular complexity index is 2550. The van der Waals surface area contributed by atoms with E-state index in [1.54, 1.807) is 24.3 Å². The fourth-order valence-electron chi connectivity index (χ4n) is 6.12. The number of para-hydroxylation sites is 2. The first-order chi connectivity index (χ1) is 29.7. The number of azo groups is 2. The summed E-state index contributed by atoms with van der Waals surface area (Å²) in [6.45, 7) is 4.04. The Morgan fingerprint density at radius 1 is 0.623 bits per heavy atom. The normalized spacial score (nSPS) is 11.5.